The summed E-state index contributed by atoms with van der Waals surface area (Å²) < 4.78 is 0. The highest BCUT2D eigenvalue weighted by molar-refractivity contribution is 4.73. The fraction of sp³-hybridized carbons (Fsp3) is 1.00. The lowest BCUT2D eigenvalue weighted by Gasteiger charge is -2.29. The molecule has 16 heavy (non-hydrogen) atoms. The first-order valence-corrected chi connectivity index (χ1v) is 6.53. The first kappa shape index (κ1) is 13.9. The minimum Gasteiger partial charge on any atom is -0.396 e. The Balaban J connectivity index is 2.03. The number of likely N-dealkylation sites (tertiary alicyclic amines) is 1. The molecule has 3 nitrogen and oxygen atoms in total. The van der Waals surface area contributed by atoms with Crippen molar-refractivity contribution in [1.82, 2.24) is 10.2 Å². The maximum absolute atomic E-state index is 9.13. The fourth-order valence-corrected chi connectivity index (χ4v) is 2.14. The first-order valence-electron chi connectivity index (χ1n) is 6.53. The van der Waals surface area contributed by atoms with E-state index in [0.29, 0.717) is 0 Å². The van der Waals surface area contributed by atoms with E-state index >= 15 is 0 Å². The number of hydrogen-bond donors (Lipinski definition) is 2. The van der Waals surface area contributed by atoms with Gasteiger partial charge in [-0.1, -0.05) is 13.8 Å². The van der Waals surface area contributed by atoms with Gasteiger partial charge in [0.1, 0.15) is 0 Å². The van der Waals surface area contributed by atoms with Crippen LogP contribution >= 0.6 is 0 Å². The van der Waals surface area contributed by atoms with Gasteiger partial charge in [0.15, 0.2) is 0 Å². The van der Waals surface area contributed by atoms with Crippen molar-refractivity contribution in [2.75, 3.05) is 39.8 Å². The predicted molar refractivity (Wildman–Crippen MR) is 68.6 cm³/mol. The maximum atomic E-state index is 9.13. The molecule has 1 aliphatic rings. The minimum atomic E-state index is 0.0206. The lowest BCUT2D eigenvalue weighted by atomic mass is 9.92. The molecule has 1 heterocycles. The molecule has 0 spiro atoms. The largest absolute Gasteiger partial charge is 0.396 e. The zero-order valence-corrected chi connectivity index (χ0v) is 11.1. The topological polar surface area (TPSA) is 35.5 Å². The molecule has 0 bridgehead atoms. The molecule has 2 N–H and O–H groups in total. The number of aliphatic hydroxyl groups excluding tert-OH is 1. The fourth-order valence-electron chi connectivity index (χ4n) is 2.14. The Morgan fingerprint density at radius 1 is 1.31 bits per heavy atom. The second-order valence-electron chi connectivity index (χ2n) is 6.03. The zero-order chi connectivity index (χ0) is 12.0. The van der Waals surface area contributed by atoms with Gasteiger partial charge in [0.2, 0.25) is 0 Å². The minimum absolute atomic E-state index is 0.0206. The number of nitrogens with zero attached hydrogens (tertiary/aromatic N) is 1. The van der Waals surface area contributed by atoms with Gasteiger partial charge in [0.25, 0.3) is 0 Å². The number of nitrogens with one attached hydrogen (secondary N) is 1. The van der Waals surface area contributed by atoms with E-state index in [4.69, 9.17) is 5.11 Å². The van der Waals surface area contributed by atoms with Crippen molar-refractivity contribution < 1.29 is 5.11 Å². The molecule has 0 unspecified atom stereocenters. The SMILES string of the molecule is CN1CCC(CCNCC(C)(C)CO)CC1. The van der Waals surface area contributed by atoms with Crippen LogP contribution < -0.4 is 5.32 Å². The predicted octanol–water partition coefficient (Wildman–Crippen LogP) is 1.33. The highest BCUT2D eigenvalue weighted by atomic mass is 16.3. The van der Waals surface area contributed by atoms with Crippen LogP contribution in [-0.2, 0) is 0 Å². The standard InChI is InChI=1S/C13H28N2O/c1-13(2,11-16)10-14-7-4-12-5-8-15(3)9-6-12/h12,14,16H,4-11H2,1-3H3. The summed E-state index contributed by atoms with van der Waals surface area (Å²) >= 11 is 0. The van der Waals surface area contributed by atoms with Crippen molar-refractivity contribution in [3.05, 3.63) is 0 Å². The van der Waals surface area contributed by atoms with Crippen molar-refractivity contribution in [3.63, 3.8) is 0 Å². The van der Waals surface area contributed by atoms with E-state index in [1.54, 1.807) is 0 Å². The zero-order valence-electron chi connectivity index (χ0n) is 11.1. The average molecular weight is 228 g/mol. The molecule has 1 fully saturated rings. The summed E-state index contributed by atoms with van der Waals surface area (Å²) in [4.78, 5) is 2.42. The van der Waals surface area contributed by atoms with Gasteiger partial charge >= 0.3 is 0 Å². The molecule has 0 aliphatic carbocycles. The van der Waals surface area contributed by atoms with Gasteiger partial charge in [-0.3, -0.25) is 0 Å². The molecule has 0 atom stereocenters. The number of rotatable bonds is 6. The van der Waals surface area contributed by atoms with Crippen molar-refractivity contribution in [2.24, 2.45) is 11.3 Å². The molecule has 0 aromatic heterocycles. The Morgan fingerprint density at radius 3 is 2.50 bits per heavy atom. The van der Waals surface area contributed by atoms with Gasteiger partial charge in [0.05, 0.1) is 0 Å². The molecular formula is C13H28N2O. The summed E-state index contributed by atoms with van der Waals surface area (Å²) in [5.41, 5.74) is 0.0206. The van der Waals surface area contributed by atoms with E-state index in [2.05, 4.69) is 31.1 Å². The van der Waals surface area contributed by atoms with Crippen LogP contribution in [0, 0.1) is 11.3 Å². The van der Waals surface area contributed by atoms with Gasteiger partial charge in [-0.15, -0.1) is 0 Å². The second kappa shape index (κ2) is 6.58. The summed E-state index contributed by atoms with van der Waals surface area (Å²) in [5, 5.41) is 12.6. The molecule has 0 radical (unpaired) electrons. The van der Waals surface area contributed by atoms with Crippen LogP contribution in [0.5, 0.6) is 0 Å². The van der Waals surface area contributed by atoms with Crippen LogP contribution in [0.4, 0.5) is 0 Å². The van der Waals surface area contributed by atoms with Gasteiger partial charge in [-0.05, 0) is 51.9 Å². The number of aliphatic hydroxyl groups is 1. The van der Waals surface area contributed by atoms with Crippen LogP contribution in [-0.4, -0.2) is 49.8 Å². The van der Waals surface area contributed by atoms with Crippen LogP contribution in [0.3, 0.4) is 0 Å². The Bertz CT molecular complexity index is 186. The molecule has 0 aromatic carbocycles. The molecule has 1 rings (SSSR count). The van der Waals surface area contributed by atoms with Crippen molar-refractivity contribution in [1.29, 1.82) is 0 Å². The Morgan fingerprint density at radius 2 is 1.94 bits per heavy atom. The average Bonchev–Trinajstić information content (AvgIpc) is 2.27. The van der Waals surface area contributed by atoms with E-state index in [1.165, 1.54) is 32.4 Å². The van der Waals surface area contributed by atoms with E-state index in [0.717, 1.165) is 19.0 Å². The quantitative estimate of drug-likeness (QED) is 0.673. The molecule has 0 saturated carbocycles. The monoisotopic (exact) mass is 228 g/mol. The Kier molecular flexibility index (Phi) is 5.73. The lowest BCUT2D eigenvalue weighted by Crippen LogP contribution is -2.35. The Labute approximate surface area is 100 Å². The molecule has 1 aliphatic heterocycles. The Hall–Kier alpha value is -0.120. The highest BCUT2D eigenvalue weighted by Gasteiger charge is 2.18. The van der Waals surface area contributed by atoms with Crippen LogP contribution in [0.1, 0.15) is 33.1 Å². The van der Waals surface area contributed by atoms with Gasteiger partial charge in [-0.25, -0.2) is 0 Å². The normalized spacial score (nSPS) is 20.2. The molecule has 96 valence electrons. The third-order valence-electron chi connectivity index (χ3n) is 3.60. The van der Waals surface area contributed by atoms with Crippen molar-refractivity contribution in [3.8, 4) is 0 Å². The number of hydrogen-bond acceptors (Lipinski definition) is 3. The molecule has 0 aromatic rings. The van der Waals surface area contributed by atoms with Crippen LogP contribution in [0.15, 0.2) is 0 Å². The lowest BCUT2D eigenvalue weighted by molar-refractivity contribution is 0.155. The van der Waals surface area contributed by atoms with Gasteiger partial charge in [-0.2, -0.15) is 0 Å². The summed E-state index contributed by atoms with van der Waals surface area (Å²) in [6.07, 6.45) is 3.98. The summed E-state index contributed by atoms with van der Waals surface area (Å²) in [6, 6.07) is 0. The van der Waals surface area contributed by atoms with Crippen LogP contribution in [0.2, 0.25) is 0 Å². The van der Waals surface area contributed by atoms with E-state index in [1.807, 2.05) is 0 Å². The van der Waals surface area contributed by atoms with Gasteiger partial charge < -0.3 is 15.3 Å². The van der Waals surface area contributed by atoms with Crippen LogP contribution in [0.25, 0.3) is 0 Å². The molecule has 0 amide bonds. The number of piperidine rings is 1. The maximum Gasteiger partial charge on any atom is 0.0494 e. The van der Waals surface area contributed by atoms with E-state index < -0.39 is 0 Å². The third-order valence-corrected chi connectivity index (χ3v) is 3.60. The van der Waals surface area contributed by atoms with Gasteiger partial charge in [0, 0.05) is 18.6 Å². The molecule has 3 heteroatoms. The first-order chi connectivity index (χ1) is 7.53. The summed E-state index contributed by atoms with van der Waals surface area (Å²) in [7, 11) is 2.21. The summed E-state index contributed by atoms with van der Waals surface area (Å²) in [6.45, 7) is 8.97. The third kappa shape index (κ3) is 5.28. The van der Waals surface area contributed by atoms with Crippen molar-refractivity contribution >= 4 is 0 Å². The molecule has 1 saturated heterocycles. The van der Waals surface area contributed by atoms with E-state index in [9.17, 15) is 0 Å². The van der Waals surface area contributed by atoms with Crippen molar-refractivity contribution in [2.45, 2.75) is 33.1 Å². The summed E-state index contributed by atoms with van der Waals surface area (Å²) in [5.74, 6) is 0.904. The highest BCUT2D eigenvalue weighted by Crippen LogP contribution is 2.19. The molecular weight excluding hydrogens is 200 g/mol. The van der Waals surface area contributed by atoms with E-state index in [-0.39, 0.29) is 12.0 Å². The smallest absolute Gasteiger partial charge is 0.0494 e. The second-order valence-corrected chi connectivity index (χ2v) is 6.03.